The van der Waals surface area contributed by atoms with E-state index in [1.807, 2.05) is 24.4 Å². The molecule has 116 valence electrons. The largest absolute Gasteiger partial charge is 0.356 e. The van der Waals surface area contributed by atoms with E-state index in [0.29, 0.717) is 11.0 Å². The van der Waals surface area contributed by atoms with Crippen LogP contribution in [0.1, 0.15) is 32.8 Å². The Kier molecular flexibility index (Phi) is 3.90. The van der Waals surface area contributed by atoms with Gasteiger partial charge in [0.15, 0.2) is 0 Å². The molecule has 22 heavy (non-hydrogen) atoms. The number of pyridine rings is 1. The fourth-order valence-corrected chi connectivity index (χ4v) is 3.33. The topological polar surface area (TPSA) is 16.1 Å². The molecule has 3 heteroatoms. The number of nitrogens with zero attached hydrogens (tertiary/aromatic N) is 2. The zero-order valence-corrected chi connectivity index (χ0v) is 13.6. The Morgan fingerprint density at radius 3 is 2.59 bits per heavy atom. The molecule has 1 fully saturated rings. The molecule has 2 aromatic rings. The second kappa shape index (κ2) is 5.71. The van der Waals surface area contributed by atoms with Crippen molar-refractivity contribution in [2.45, 2.75) is 33.6 Å². The number of rotatable bonds is 3. The van der Waals surface area contributed by atoms with Crippen LogP contribution in [0, 0.1) is 11.2 Å². The van der Waals surface area contributed by atoms with Crippen LogP contribution < -0.4 is 4.90 Å². The summed E-state index contributed by atoms with van der Waals surface area (Å²) in [6, 6.07) is 8.92. The molecule has 1 aliphatic rings. The van der Waals surface area contributed by atoms with Crippen molar-refractivity contribution in [2.75, 3.05) is 18.0 Å². The molecular formula is C19H23FN2. The molecule has 2 heterocycles. The first kappa shape index (κ1) is 15.0. The average Bonchev–Trinajstić information content (AvgIpc) is 2.87. The summed E-state index contributed by atoms with van der Waals surface area (Å²) in [5.41, 5.74) is 3.10. The van der Waals surface area contributed by atoms with E-state index in [1.54, 1.807) is 6.07 Å². The number of halogens is 1. The lowest BCUT2D eigenvalue weighted by Gasteiger charge is -2.24. The predicted octanol–water partition coefficient (Wildman–Crippen LogP) is 4.69. The summed E-state index contributed by atoms with van der Waals surface area (Å²) >= 11 is 0. The van der Waals surface area contributed by atoms with Crippen LogP contribution in [-0.2, 0) is 6.42 Å². The lowest BCUT2D eigenvalue weighted by molar-refractivity contribution is 0.418. The van der Waals surface area contributed by atoms with E-state index in [-0.39, 0.29) is 5.82 Å². The Balaban J connectivity index is 2.07. The molecule has 1 aromatic carbocycles. The van der Waals surface area contributed by atoms with Gasteiger partial charge in [0, 0.05) is 30.4 Å². The minimum Gasteiger partial charge on any atom is -0.356 e. The second-order valence-electron chi connectivity index (χ2n) is 6.83. The van der Waals surface area contributed by atoms with Crippen molar-refractivity contribution in [3.8, 4) is 11.1 Å². The smallest absolute Gasteiger partial charge is 0.132 e. The molecule has 0 saturated carbocycles. The Hall–Kier alpha value is -1.90. The number of benzene rings is 1. The highest BCUT2D eigenvalue weighted by molar-refractivity contribution is 5.73. The minimum absolute atomic E-state index is 0.170. The Morgan fingerprint density at radius 1 is 1.18 bits per heavy atom. The molecule has 1 saturated heterocycles. The molecule has 1 aromatic heterocycles. The average molecular weight is 298 g/mol. The van der Waals surface area contributed by atoms with Crippen LogP contribution in [0.15, 0.2) is 36.5 Å². The van der Waals surface area contributed by atoms with Gasteiger partial charge < -0.3 is 4.90 Å². The maximum atomic E-state index is 14.2. The van der Waals surface area contributed by atoms with Gasteiger partial charge in [0.2, 0.25) is 0 Å². The Labute approximate surface area is 132 Å². The number of anilines is 1. The Morgan fingerprint density at radius 2 is 1.95 bits per heavy atom. The monoisotopic (exact) mass is 298 g/mol. The summed E-state index contributed by atoms with van der Waals surface area (Å²) in [6.07, 6.45) is 3.83. The molecule has 0 amide bonds. The maximum absolute atomic E-state index is 14.2. The van der Waals surface area contributed by atoms with E-state index in [1.165, 1.54) is 12.5 Å². The highest BCUT2D eigenvalue weighted by Crippen LogP contribution is 2.36. The van der Waals surface area contributed by atoms with Crippen LogP contribution in [0.5, 0.6) is 0 Å². The first-order valence-electron chi connectivity index (χ1n) is 7.99. The standard InChI is InChI=1S/C19H23FN2/c1-4-14-15(16-7-5-6-8-17(16)20)9-11-21-18(14)22-12-10-19(2,3)13-22/h5-9,11H,4,10,12-13H2,1-3H3. The second-order valence-corrected chi connectivity index (χ2v) is 6.83. The van der Waals surface area contributed by atoms with Gasteiger partial charge in [0.25, 0.3) is 0 Å². The van der Waals surface area contributed by atoms with Crippen molar-refractivity contribution in [1.29, 1.82) is 0 Å². The van der Waals surface area contributed by atoms with Crippen LogP contribution >= 0.6 is 0 Å². The van der Waals surface area contributed by atoms with E-state index in [2.05, 4.69) is 30.7 Å². The van der Waals surface area contributed by atoms with Crippen LogP contribution in [0.4, 0.5) is 10.2 Å². The Bertz CT molecular complexity index is 679. The lowest BCUT2D eigenvalue weighted by atomic mass is 9.93. The summed E-state index contributed by atoms with van der Waals surface area (Å²) in [6.45, 7) is 8.73. The van der Waals surface area contributed by atoms with E-state index in [9.17, 15) is 4.39 Å². The molecule has 1 aliphatic heterocycles. The van der Waals surface area contributed by atoms with Gasteiger partial charge in [-0.05, 0) is 36.0 Å². The van der Waals surface area contributed by atoms with Crippen molar-refractivity contribution < 1.29 is 4.39 Å². The number of hydrogen-bond acceptors (Lipinski definition) is 2. The molecule has 0 aliphatic carbocycles. The van der Waals surface area contributed by atoms with Gasteiger partial charge >= 0.3 is 0 Å². The third kappa shape index (κ3) is 2.72. The van der Waals surface area contributed by atoms with Crippen molar-refractivity contribution in [1.82, 2.24) is 4.98 Å². The highest BCUT2D eigenvalue weighted by Gasteiger charge is 2.31. The molecule has 0 spiro atoms. The number of hydrogen-bond donors (Lipinski definition) is 0. The van der Waals surface area contributed by atoms with E-state index in [0.717, 1.165) is 36.5 Å². The zero-order valence-electron chi connectivity index (χ0n) is 13.6. The predicted molar refractivity (Wildman–Crippen MR) is 89.6 cm³/mol. The molecular weight excluding hydrogens is 275 g/mol. The van der Waals surface area contributed by atoms with Crippen LogP contribution in [0.2, 0.25) is 0 Å². The SMILES string of the molecule is CCc1c(-c2ccccc2F)ccnc1N1CCC(C)(C)C1. The van der Waals surface area contributed by atoms with E-state index in [4.69, 9.17) is 0 Å². The summed E-state index contributed by atoms with van der Waals surface area (Å²) in [5, 5.41) is 0. The third-order valence-electron chi connectivity index (χ3n) is 4.53. The van der Waals surface area contributed by atoms with E-state index < -0.39 is 0 Å². The maximum Gasteiger partial charge on any atom is 0.132 e. The lowest BCUT2D eigenvalue weighted by Crippen LogP contribution is -2.25. The van der Waals surface area contributed by atoms with Gasteiger partial charge in [0.1, 0.15) is 11.6 Å². The van der Waals surface area contributed by atoms with Gasteiger partial charge in [-0.2, -0.15) is 0 Å². The summed E-state index contributed by atoms with van der Waals surface area (Å²) < 4.78 is 14.2. The fraction of sp³-hybridized carbons (Fsp3) is 0.421. The van der Waals surface area contributed by atoms with Gasteiger partial charge in [0.05, 0.1) is 0 Å². The van der Waals surface area contributed by atoms with Crippen molar-refractivity contribution in [3.63, 3.8) is 0 Å². The summed E-state index contributed by atoms with van der Waals surface area (Å²) in [7, 11) is 0. The van der Waals surface area contributed by atoms with Crippen LogP contribution in [0.3, 0.4) is 0 Å². The fourth-order valence-electron chi connectivity index (χ4n) is 3.33. The van der Waals surface area contributed by atoms with Crippen molar-refractivity contribution >= 4 is 5.82 Å². The first-order valence-corrected chi connectivity index (χ1v) is 7.99. The molecule has 0 N–H and O–H groups in total. The first-order chi connectivity index (χ1) is 10.5. The molecule has 0 radical (unpaired) electrons. The normalized spacial score (nSPS) is 17.0. The molecule has 0 bridgehead atoms. The number of aromatic nitrogens is 1. The van der Waals surface area contributed by atoms with Crippen molar-refractivity contribution in [2.24, 2.45) is 5.41 Å². The van der Waals surface area contributed by atoms with Gasteiger partial charge in [-0.3, -0.25) is 0 Å². The zero-order chi connectivity index (χ0) is 15.7. The van der Waals surface area contributed by atoms with Gasteiger partial charge in [-0.1, -0.05) is 39.0 Å². The van der Waals surface area contributed by atoms with E-state index >= 15 is 0 Å². The molecule has 0 unspecified atom stereocenters. The van der Waals surface area contributed by atoms with Gasteiger partial charge in [-0.15, -0.1) is 0 Å². The van der Waals surface area contributed by atoms with Crippen LogP contribution in [0.25, 0.3) is 11.1 Å². The van der Waals surface area contributed by atoms with Gasteiger partial charge in [-0.25, -0.2) is 9.37 Å². The third-order valence-corrected chi connectivity index (χ3v) is 4.53. The minimum atomic E-state index is -0.170. The molecule has 2 nitrogen and oxygen atoms in total. The summed E-state index contributed by atoms with van der Waals surface area (Å²) in [5.74, 6) is 0.852. The van der Waals surface area contributed by atoms with Crippen LogP contribution in [-0.4, -0.2) is 18.1 Å². The van der Waals surface area contributed by atoms with Crippen molar-refractivity contribution in [3.05, 3.63) is 47.9 Å². The molecule has 3 rings (SSSR count). The highest BCUT2D eigenvalue weighted by atomic mass is 19.1. The summed E-state index contributed by atoms with van der Waals surface area (Å²) in [4.78, 5) is 6.97. The molecule has 0 atom stereocenters. The quantitative estimate of drug-likeness (QED) is 0.817.